The van der Waals surface area contributed by atoms with Gasteiger partial charge in [-0.1, -0.05) is 29.8 Å². The molecular weight excluding hydrogens is 279 g/mol. The van der Waals surface area contributed by atoms with Crippen LogP contribution in [-0.4, -0.2) is 20.2 Å². The lowest BCUT2D eigenvalue weighted by Crippen LogP contribution is -2.04. The van der Waals surface area contributed by atoms with Crippen molar-refractivity contribution in [2.24, 2.45) is 0 Å². The summed E-state index contributed by atoms with van der Waals surface area (Å²) in [5.74, 6) is 0.161. The topological polar surface area (TPSA) is 43.6 Å². The van der Waals surface area contributed by atoms with Crippen LogP contribution in [0.1, 0.15) is 5.56 Å². The van der Waals surface area contributed by atoms with E-state index in [9.17, 15) is 4.39 Å². The molecule has 0 radical (unpaired) electrons. The van der Waals surface area contributed by atoms with Gasteiger partial charge in [-0.05, 0) is 41.1 Å². The normalized spacial score (nSPS) is 10.7. The van der Waals surface area contributed by atoms with Crippen LogP contribution < -0.4 is 0 Å². The number of nitrogens with zero attached hydrogens (tertiary/aromatic N) is 4. The van der Waals surface area contributed by atoms with Gasteiger partial charge >= 0.3 is 0 Å². The molecule has 0 atom stereocenters. The first-order valence-electron chi connectivity index (χ1n) is 5.99. The van der Waals surface area contributed by atoms with Crippen LogP contribution in [0, 0.1) is 5.82 Å². The minimum atomic E-state index is -0.294. The van der Waals surface area contributed by atoms with Crippen LogP contribution in [0.5, 0.6) is 0 Å². The summed E-state index contributed by atoms with van der Waals surface area (Å²) >= 11 is 6.08. The van der Waals surface area contributed by atoms with Gasteiger partial charge in [-0.15, -0.1) is 10.2 Å². The van der Waals surface area contributed by atoms with Crippen molar-refractivity contribution in [1.29, 1.82) is 0 Å². The molecule has 0 fully saturated rings. The Morgan fingerprint density at radius 1 is 1.05 bits per heavy atom. The van der Waals surface area contributed by atoms with Crippen molar-refractivity contribution in [3.63, 3.8) is 0 Å². The van der Waals surface area contributed by atoms with E-state index in [2.05, 4.69) is 15.4 Å². The molecule has 3 rings (SSSR count). The standard InChI is InChI=1S/C14H10ClFN4/c15-13-4-2-1-3-11(13)9-20-18-14(17-19-20)10-5-7-12(16)8-6-10/h1-8H,9H2. The van der Waals surface area contributed by atoms with Crippen LogP contribution in [0.3, 0.4) is 0 Å². The SMILES string of the molecule is Fc1ccc(-c2nnn(Cc3ccccc3Cl)n2)cc1. The summed E-state index contributed by atoms with van der Waals surface area (Å²) < 4.78 is 12.9. The molecule has 0 amide bonds. The Bertz CT molecular complexity index is 724. The first kappa shape index (κ1) is 12.7. The molecule has 0 N–H and O–H groups in total. The zero-order valence-electron chi connectivity index (χ0n) is 10.4. The van der Waals surface area contributed by atoms with Gasteiger partial charge in [0.15, 0.2) is 0 Å². The molecule has 2 aromatic carbocycles. The Labute approximate surface area is 119 Å². The van der Waals surface area contributed by atoms with E-state index < -0.39 is 0 Å². The number of benzene rings is 2. The molecule has 3 aromatic rings. The fraction of sp³-hybridized carbons (Fsp3) is 0.0714. The van der Waals surface area contributed by atoms with E-state index in [4.69, 9.17) is 11.6 Å². The summed E-state index contributed by atoms with van der Waals surface area (Å²) in [4.78, 5) is 1.46. The average molecular weight is 289 g/mol. The van der Waals surface area contributed by atoms with Crippen LogP contribution in [0.2, 0.25) is 5.02 Å². The van der Waals surface area contributed by atoms with Crippen LogP contribution in [0.15, 0.2) is 48.5 Å². The van der Waals surface area contributed by atoms with Crippen LogP contribution in [0.25, 0.3) is 11.4 Å². The van der Waals surface area contributed by atoms with Crippen molar-refractivity contribution in [2.75, 3.05) is 0 Å². The summed E-state index contributed by atoms with van der Waals surface area (Å²) in [6.45, 7) is 0.438. The maximum atomic E-state index is 12.9. The summed E-state index contributed by atoms with van der Waals surface area (Å²) in [5, 5.41) is 12.9. The molecule has 0 saturated carbocycles. The van der Waals surface area contributed by atoms with E-state index in [-0.39, 0.29) is 5.82 Å². The number of tetrazole rings is 1. The molecule has 100 valence electrons. The molecule has 1 aromatic heterocycles. The molecule has 1 heterocycles. The number of rotatable bonds is 3. The number of hydrogen-bond donors (Lipinski definition) is 0. The maximum Gasteiger partial charge on any atom is 0.204 e. The van der Waals surface area contributed by atoms with Gasteiger partial charge in [-0.2, -0.15) is 4.80 Å². The van der Waals surface area contributed by atoms with Crippen LogP contribution >= 0.6 is 11.6 Å². The fourth-order valence-electron chi connectivity index (χ4n) is 1.80. The summed E-state index contributed by atoms with van der Waals surface area (Å²) in [5.41, 5.74) is 1.63. The highest BCUT2D eigenvalue weighted by molar-refractivity contribution is 6.31. The zero-order valence-corrected chi connectivity index (χ0v) is 11.1. The molecule has 20 heavy (non-hydrogen) atoms. The zero-order chi connectivity index (χ0) is 13.9. The van der Waals surface area contributed by atoms with Gasteiger partial charge in [0, 0.05) is 10.6 Å². The molecule has 0 bridgehead atoms. The third-order valence-electron chi connectivity index (χ3n) is 2.82. The third kappa shape index (κ3) is 2.67. The molecule has 6 heteroatoms. The Morgan fingerprint density at radius 3 is 2.55 bits per heavy atom. The van der Waals surface area contributed by atoms with Gasteiger partial charge in [0.05, 0.1) is 6.54 Å². The van der Waals surface area contributed by atoms with Crippen LogP contribution in [0.4, 0.5) is 4.39 Å². The molecule has 0 spiro atoms. The molecule has 0 aliphatic heterocycles. The van der Waals surface area contributed by atoms with Gasteiger partial charge in [-0.3, -0.25) is 0 Å². The van der Waals surface area contributed by atoms with Gasteiger partial charge < -0.3 is 0 Å². The molecular formula is C14H10ClFN4. The van der Waals surface area contributed by atoms with Crippen molar-refractivity contribution in [2.45, 2.75) is 6.54 Å². The van der Waals surface area contributed by atoms with E-state index in [1.54, 1.807) is 12.1 Å². The highest BCUT2D eigenvalue weighted by atomic mass is 35.5. The molecule has 0 unspecified atom stereocenters. The molecule has 0 saturated heterocycles. The van der Waals surface area contributed by atoms with E-state index in [0.29, 0.717) is 17.4 Å². The second-order valence-electron chi connectivity index (χ2n) is 4.24. The summed E-state index contributed by atoms with van der Waals surface area (Å²) in [7, 11) is 0. The van der Waals surface area contributed by atoms with Gasteiger partial charge in [0.25, 0.3) is 0 Å². The van der Waals surface area contributed by atoms with Crippen molar-refractivity contribution in [1.82, 2.24) is 20.2 Å². The third-order valence-corrected chi connectivity index (χ3v) is 3.19. The Morgan fingerprint density at radius 2 is 1.80 bits per heavy atom. The predicted molar refractivity (Wildman–Crippen MR) is 73.8 cm³/mol. The summed E-state index contributed by atoms with van der Waals surface area (Å²) in [6, 6.07) is 13.5. The number of halogens is 2. The maximum absolute atomic E-state index is 12.9. The highest BCUT2D eigenvalue weighted by Gasteiger charge is 2.07. The van der Waals surface area contributed by atoms with Crippen molar-refractivity contribution in [3.05, 3.63) is 64.9 Å². The lowest BCUT2D eigenvalue weighted by Gasteiger charge is -2.01. The first-order valence-corrected chi connectivity index (χ1v) is 6.37. The second-order valence-corrected chi connectivity index (χ2v) is 4.65. The first-order chi connectivity index (χ1) is 9.72. The number of aromatic nitrogens is 4. The minimum absolute atomic E-state index is 0.294. The monoisotopic (exact) mass is 288 g/mol. The summed E-state index contributed by atoms with van der Waals surface area (Å²) in [6.07, 6.45) is 0. The number of hydrogen-bond acceptors (Lipinski definition) is 3. The molecule has 4 nitrogen and oxygen atoms in total. The largest absolute Gasteiger partial charge is 0.207 e. The van der Waals surface area contributed by atoms with Gasteiger partial charge in [0.2, 0.25) is 5.82 Å². The lowest BCUT2D eigenvalue weighted by molar-refractivity contribution is 0.573. The molecule has 0 aliphatic carbocycles. The second kappa shape index (κ2) is 5.38. The van der Waals surface area contributed by atoms with E-state index in [0.717, 1.165) is 11.1 Å². The van der Waals surface area contributed by atoms with Gasteiger partial charge in [0.1, 0.15) is 5.82 Å². The smallest absolute Gasteiger partial charge is 0.204 e. The van der Waals surface area contributed by atoms with Gasteiger partial charge in [-0.25, -0.2) is 4.39 Å². The quantitative estimate of drug-likeness (QED) is 0.743. The van der Waals surface area contributed by atoms with Crippen LogP contribution in [-0.2, 0) is 6.54 Å². The van der Waals surface area contributed by atoms with Crippen molar-refractivity contribution >= 4 is 11.6 Å². The van der Waals surface area contributed by atoms with E-state index >= 15 is 0 Å². The van der Waals surface area contributed by atoms with E-state index in [1.807, 2.05) is 24.3 Å². The Balaban J connectivity index is 1.84. The molecule has 0 aliphatic rings. The predicted octanol–water partition coefficient (Wildman–Crippen LogP) is 3.18. The lowest BCUT2D eigenvalue weighted by atomic mass is 10.2. The highest BCUT2D eigenvalue weighted by Crippen LogP contribution is 2.17. The minimum Gasteiger partial charge on any atom is -0.207 e. The van der Waals surface area contributed by atoms with Crippen molar-refractivity contribution < 1.29 is 4.39 Å². The average Bonchev–Trinajstić information content (AvgIpc) is 2.91. The fourth-order valence-corrected chi connectivity index (χ4v) is 2.00. The Kier molecular flexibility index (Phi) is 3.43. The van der Waals surface area contributed by atoms with Crippen molar-refractivity contribution in [3.8, 4) is 11.4 Å². The Hall–Kier alpha value is -2.27. The van der Waals surface area contributed by atoms with E-state index in [1.165, 1.54) is 16.9 Å².